The first-order chi connectivity index (χ1) is 13.4. The molecule has 3 N–H and O–H groups in total. The van der Waals surface area contributed by atoms with Gasteiger partial charge in [0.1, 0.15) is 5.84 Å². The van der Waals surface area contributed by atoms with Crippen molar-refractivity contribution < 1.29 is 4.74 Å². The Bertz CT molecular complexity index is 807. The molecule has 1 aliphatic rings. The summed E-state index contributed by atoms with van der Waals surface area (Å²) in [5, 5.41) is 7.66. The molecule has 0 aliphatic carbocycles. The zero-order chi connectivity index (χ0) is 20.1. The molecule has 2 aromatic rings. The van der Waals surface area contributed by atoms with E-state index < -0.39 is 0 Å². The summed E-state index contributed by atoms with van der Waals surface area (Å²) < 4.78 is 6.09. The minimum Gasteiger partial charge on any atom is -0.384 e. The minimum absolute atomic E-state index is 0.0987. The molecule has 0 amide bonds. The van der Waals surface area contributed by atoms with Crippen molar-refractivity contribution in [3.63, 3.8) is 0 Å². The lowest BCUT2D eigenvalue weighted by atomic mass is 9.97. The van der Waals surface area contributed by atoms with E-state index in [1.54, 1.807) is 0 Å². The van der Waals surface area contributed by atoms with Gasteiger partial charge in [-0.1, -0.05) is 35.9 Å². The fraction of sp³-hybridized carbons (Fsp3) is 0.458. The number of hydrogen-bond donors (Lipinski definition) is 2. The van der Waals surface area contributed by atoms with E-state index in [2.05, 4.69) is 49.9 Å². The second-order valence-electron chi connectivity index (χ2n) is 8.29. The predicted molar refractivity (Wildman–Crippen MR) is 117 cm³/mol. The van der Waals surface area contributed by atoms with E-state index >= 15 is 0 Å². The Kier molecular flexibility index (Phi) is 6.87. The van der Waals surface area contributed by atoms with Crippen LogP contribution in [-0.4, -0.2) is 36.5 Å². The number of nitrogens with one attached hydrogen (secondary N) is 1. The number of amidine groups is 1. The number of ether oxygens (including phenoxy) is 1. The quantitative estimate of drug-likeness (QED) is 0.547. The maximum Gasteiger partial charge on any atom is 0.122 e. The molecule has 28 heavy (non-hydrogen) atoms. The highest BCUT2D eigenvalue weighted by atomic mass is 16.5. The zero-order valence-electron chi connectivity index (χ0n) is 17.4. The summed E-state index contributed by atoms with van der Waals surface area (Å²) in [4.78, 5) is 2.55. The van der Waals surface area contributed by atoms with Crippen molar-refractivity contribution in [2.24, 2.45) is 11.7 Å². The Morgan fingerprint density at radius 1 is 1.14 bits per heavy atom. The van der Waals surface area contributed by atoms with Crippen molar-refractivity contribution in [3.05, 3.63) is 59.2 Å². The number of piperidine rings is 1. The average Bonchev–Trinajstić information content (AvgIpc) is 2.68. The van der Waals surface area contributed by atoms with Crippen LogP contribution in [0.1, 0.15) is 43.4 Å². The van der Waals surface area contributed by atoms with Gasteiger partial charge in [0.25, 0.3) is 0 Å². The van der Waals surface area contributed by atoms with Gasteiger partial charge < -0.3 is 15.4 Å². The topological polar surface area (TPSA) is 62.3 Å². The molecule has 1 saturated heterocycles. The van der Waals surface area contributed by atoms with E-state index in [9.17, 15) is 0 Å². The molecule has 4 heteroatoms. The number of hydrogen-bond acceptors (Lipinski definition) is 3. The molecule has 0 atom stereocenters. The Balaban J connectivity index is 1.60. The van der Waals surface area contributed by atoms with Crippen LogP contribution in [0.15, 0.2) is 42.5 Å². The highest BCUT2D eigenvalue weighted by Crippen LogP contribution is 2.24. The summed E-state index contributed by atoms with van der Waals surface area (Å²) in [5.41, 5.74) is 11.0. The van der Waals surface area contributed by atoms with Crippen LogP contribution in [-0.2, 0) is 11.3 Å². The largest absolute Gasteiger partial charge is 0.384 e. The van der Waals surface area contributed by atoms with Gasteiger partial charge in [-0.15, -0.1) is 0 Å². The SMILES string of the molecule is Cc1cc(COCC2CCN(C(C)C)CC2)cc(-c2cccc(C(=N)N)c2)c1. The van der Waals surface area contributed by atoms with E-state index in [0.29, 0.717) is 18.6 Å². The summed E-state index contributed by atoms with van der Waals surface area (Å²) in [7, 11) is 0. The van der Waals surface area contributed by atoms with Gasteiger partial charge >= 0.3 is 0 Å². The van der Waals surface area contributed by atoms with Gasteiger partial charge in [-0.25, -0.2) is 0 Å². The lowest BCUT2D eigenvalue weighted by Crippen LogP contribution is -2.39. The number of likely N-dealkylation sites (tertiary alicyclic amines) is 1. The van der Waals surface area contributed by atoms with Crippen molar-refractivity contribution in [1.82, 2.24) is 4.90 Å². The van der Waals surface area contributed by atoms with E-state index in [1.165, 1.54) is 37.1 Å². The Morgan fingerprint density at radius 2 is 1.89 bits per heavy atom. The van der Waals surface area contributed by atoms with Crippen LogP contribution < -0.4 is 5.73 Å². The maximum absolute atomic E-state index is 7.66. The molecule has 150 valence electrons. The summed E-state index contributed by atoms with van der Waals surface area (Å²) in [6, 6.07) is 15.1. The first kappa shape index (κ1) is 20.6. The summed E-state index contributed by atoms with van der Waals surface area (Å²) >= 11 is 0. The Hall–Kier alpha value is -2.17. The van der Waals surface area contributed by atoms with E-state index in [1.807, 2.05) is 18.2 Å². The predicted octanol–water partition coefficient (Wildman–Crippen LogP) is 4.58. The van der Waals surface area contributed by atoms with Gasteiger partial charge in [0.05, 0.1) is 6.61 Å². The number of nitrogens with two attached hydrogens (primary N) is 1. The van der Waals surface area contributed by atoms with Gasteiger partial charge in [0.2, 0.25) is 0 Å². The zero-order valence-corrected chi connectivity index (χ0v) is 17.4. The highest BCUT2D eigenvalue weighted by molar-refractivity contribution is 5.96. The molecule has 1 fully saturated rings. The smallest absolute Gasteiger partial charge is 0.122 e. The van der Waals surface area contributed by atoms with Crippen molar-refractivity contribution in [3.8, 4) is 11.1 Å². The van der Waals surface area contributed by atoms with E-state index in [4.69, 9.17) is 15.9 Å². The van der Waals surface area contributed by atoms with Crippen LogP contribution >= 0.6 is 0 Å². The average molecular weight is 380 g/mol. The van der Waals surface area contributed by atoms with Crippen molar-refractivity contribution in [2.75, 3.05) is 19.7 Å². The van der Waals surface area contributed by atoms with E-state index in [0.717, 1.165) is 23.3 Å². The molecule has 0 aromatic heterocycles. The summed E-state index contributed by atoms with van der Waals surface area (Å²) in [6.07, 6.45) is 2.46. The normalized spacial score (nSPS) is 15.9. The third kappa shape index (κ3) is 5.43. The molecule has 0 unspecified atom stereocenters. The van der Waals surface area contributed by atoms with Gasteiger partial charge in [0, 0.05) is 18.2 Å². The number of benzene rings is 2. The van der Waals surface area contributed by atoms with Gasteiger partial charge in [0.15, 0.2) is 0 Å². The van der Waals surface area contributed by atoms with Crippen molar-refractivity contribution in [2.45, 2.75) is 46.3 Å². The second-order valence-corrected chi connectivity index (χ2v) is 8.29. The number of nitrogen functional groups attached to an aromatic ring is 1. The molecule has 0 radical (unpaired) electrons. The molecule has 0 saturated carbocycles. The molecule has 1 heterocycles. The molecule has 4 nitrogen and oxygen atoms in total. The van der Waals surface area contributed by atoms with E-state index in [-0.39, 0.29) is 5.84 Å². The lowest BCUT2D eigenvalue weighted by molar-refractivity contribution is 0.0513. The fourth-order valence-electron chi connectivity index (χ4n) is 3.96. The van der Waals surface area contributed by atoms with Gasteiger partial charge in [-0.3, -0.25) is 5.41 Å². The molecule has 2 aromatic carbocycles. The molecule has 0 spiro atoms. The fourth-order valence-corrected chi connectivity index (χ4v) is 3.96. The van der Waals surface area contributed by atoms with Gasteiger partial charge in [-0.05, 0) is 81.4 Å². The first-order valence-electron chi connectivity index (χ1n) is 10.3. The van der Waals surface area contributed by atoms with Crippen LogP contribution in [0.3, 0.4) is 0 Å². The summed E-state index contributed by atoms with van der Waals surface area (Å²) in [6.45, 7) is 10.5. The number of nitrogens with zero attached hydrogens (tertiary/aromatic N) is 1. The minimum atomic E-state index is 0.0987. The first-order valence-corrected chi connectivity index (χ1v) is 10.3. The third-order valence-corrected chi connectivity index (χ3v) is 5.65. The molecule has 1 aliphatic heterocycles. The Labute approximate surface area is 169 Å². The molecule has 3 rings (SSSR count). The number of aryl methyl sites for hydroxylation is 1. The summed E-state index contributed by atoms with van der Waals surface area (Å²) in [5.74, 6) is 0.771. The van der Waals surface area contributed by atoms with Crippen LogP contribution in [0.4, 0.5) is 0 Å². The lowest BCUT2D eigenvalue weighted by Gasteiger charge is -2.34. The molecular formula is C24H33N3O. The second kappa shape index (κ2) is 9.35. The van der Waals surface area contributed by atoms with Crippen LogP contribution in [0.5, 0.6) is 0 Å². The monoisotopic (exact) mass is 379 g/mol. The highest BCUT2D eigenvalue weighted by Gasteiger charge is 2.20. The number of rotatable bonds is 7. The van der Waals surface area contributed by atoms with Crippen molar-refractivity contribution >= 4 is 5.84 Å². The standard InChI is InChI=1S/C24H33N3O/c1-17(2)27-9-7-19(8-10-27)15-28-16-20-11-18(3)12-23(13-20)21-5-4-6-22(14-21)24(25)26/h4-6,11-14,17,19H,7-10,15-16H2,1-3H3,(H3,25,26). The van der Waals surface area contributed by atoms with Gasteiger partial charge in [-0.2, -0.15) is 0 Å². The Morgan fingerprint density at radius 3 is 2.57 bits per heavy atom. The van der Waals surface area contributed by atoms with Crippen LogP contribution in [0.2, 0.25) is 0 Å². The maximum atomic E-state index is 7.66. The van der Waals surface area contributed by atoms with Crippen molar-refractivity contribution in [1.29, 1.82) is 5.41 Å². The molecular weight excluding hydrogens is 346 g/mol. The van der Waals surface area contributed by atoms with Crippen LogP contribution in [0.25, 0.3) is 11.1 Å². The molecule has 0 bridgehead atoms. The van der Waals surface area contributed by atoms with Crippen LogP contribution in [0, 0.1) is 18.3 Å². The third-order valence-electron chi connectivity index (χ3n) is 5.65.